The lowest BCUT2D eigenvalue weighted by molar-refractivity contribution is 0.0564. The van der Waals surface area contributed by atoms with Gasteiger partial charge in [-0.25, -0.2) is 4.79 Å². The van der Waals surface area contributed by atoms with E-state index in [0.29, 0.717) is 47.1 Å². The third-order valence-electron chi connectivity index (χ3n) is 2.55. The third-order valence-corrected chi connectivity index (χ3v) is 3.58. The molecular formula is C11H11Cl3N2O2. The number of anilines is 1. The number of nitrogens with one attached hydrogen (secondary N) is 1. The van der Waals surface area contributed by atoms with Crippen LogP contribution in [0.25, 0.3) is 0 Å². The van der Waals surface area contributed by atoms with Crippen LogP contribution in [0.1, 0.15) is 0 Å². The van der Waals surface area contributed by atoms with E-state index in [9.17, 15) is 4.79 Å². The Bertz CT molecular complexity index is 462. The Hall–Kier alpha value is -0.680. The summed E-state index contributed by atoms with van der Waals surface area (Å²) in [7, 11) is 0. The number of rotatable bonds is 1. The van der Waals surface area contributed by atoms with Gasteiger partial charge in [0.1, 0.15) is 0 Å². The number of benzene rings is 1. The number of ether oxygens (including phenoxy) is 1. The van der Waals surface area contributed by atoms with Crippen LogP contribution in [-0.2, 0) is 4.74 Å². The monoisotopic (exact) mass is 308 g/mol. The molecule has 1 fully saturated rings. The van der Waals surface area contributed by atoms with Crippen LogP contribution in [0.15, 0.2) is 12.1 Å². The molecule has 4 nitrogen and oxygen atoms in total. The van der Waals surface area contributed by atoms with Crippen molar-refractivity contribution in [1.29, 1.82) is 0 Å². The van der Waals surface area contributed by atoms with E-state index < -0.39 is 0 Å². The fraction of sp³-hybridized carbons (Fsp3) is 0.364. The predicted molar refractivity (Wildman–Crippen MR) is 72.9 cm³/mol. The molecule has 0 radical (unpaired) electrons. The summed E-state index contributed by atoms with van der Waals surface area (Å²) in [5, 5.41) is 3.76. The third kappa shape index (κ3) is 3.20. The number of carbonyl (C=O) groups excluding carboxylic acids is 1. The number of hydrogen-bond donors (Lipinski definition) is 1. The number of hydrogen-bond acceptors (Lipinski definition) is 2. The van der Waals surface area contributed by atoms with E-state index in [1.54, 1.807) is 4.90 Å². The van der Waals surface area contributed by atoms with E-state index in [0.717, 1.165) is 0 Å². The second-order valence-electron chi connectivity index (χ2n) is 3.78. The van der Waals surface area contributed by atoms with Gasteiger partial charge < -0.3 is 15.0 Å². The summed E-state index contributed by atoms with van der Waals surface area (Å²) >= 11 is 17.7. The van der Waals surface area contributed by atoms with Crippen molar-refractivity contribution >= 4 is 46.5 Å². The molecule has 0 bridgehead atoms. The van der Waals surface area contributed by atoms with Crippen LogP contribution in [0.4, 0.5) is 10.5 Å². The van der Waals surface area contributed by atoms with Gasteiger partial charge in [-0.05, 0) is 12.1 Å². The first kappa shape index (κ1) is 13.7. The summed E-state index contributed by atoms with van der Waals surface area (Å²) in [5.41, 5.74) is 0.447. The smallest absolute Gasteiger partial charge is 0.322 e. The summed E-state index contributed by atoms with van der Waals surface area (Å²) < 4.78 is 5.17. The molecule has 2 amide bonds. The normalized spacial score (nSPS) is 15.6. The predicted octanol–water partition coefficient (Wildman–Crippen LogP) is 3.51. The van der Waals surface area contributed by atoms with Gasteiger partial charge in [0, 0.05) is 13.1 Å². The standard InChI is InChI=1S/C11H11Cl3N2O2/c12-7-5-9(14)10(6-8(7)13)15-11(17)16-1-3-18-4-2-16/h5-6H,1-4H2,(H,15,17). The molecule has 0 unspecified atom stereocenters. The van der Waals surface area contributed by atoms with E-state index >= 15 is 0 Å². The van der Waals surface area contributed by atoms with E-state index in [2.05, 4.69) is 5.32 Å². The Labute approximate surface area is 120 Å². The van der Waals surface area contributed by atoms with E-state index in [-0.39, 0.29) is 6.03 Å². The van der Waals surface area contributed by atoms with Crippen LogP contribution in [0, 0.1) is 0 Å². The minimum absolute atomic E-state index is 0.224. The highest BCUT2D eigenvalue weighted by Gasteiger charge is 2.18. The van der Waals surface area contributed by atoms with Gasteiger partial charge >= 0.3 is 6.03 Å². The first-order valence-corrected chi connectivity index (χ1v) is 6.49. The quantitative estimate of drug-likeness (QED) is 0.807. The summed E-state index contributed by atoms with van der Waals surface area (Å²) in [5.74, 6) is 0. The van der Waals surface area contributed by atoms with Crippen molar-refractivity contribution in [1.82, 2.24) is 4.90 Å². The Morgan fingerprint density at radius 1 is 1.11 bits per heavy atom. The number of halogens is 3. The lowest BCUT2D eigenvalue weighted by Crippen LogP contribution is -2.43. The van der Waals surface area contributed by atoms with E-state index in [1.807, 2.05) is 0 Å². The molecule has 1 aliphatic rings. The average molecular weight is 310 g/mol. The summed E-state index contributed by atoms with van der Waals surface area (Å²) in [6.07, 6.45) is 0. The zero-order valence-electron chi connectivity index (χ0n) is 9.38. The molecule has 2 rings (SSSR count). The number of urea groups is 1. The maximum Gasteiger partial charge on any atom is 0.322 e. The molecular weight excluding hydrogens is 298 g/mol. The van der Waals surface area contributed by atoms with Gasteiger partial charge in [-0.2, -0.15) is 0 Å². The Balaban J connectivity index is 2.08. The first-order valence-electron chi connectivity index (χ1n) is 5.36. The molecule has 0 spiro atoms. The van der Waals surface area contributed by atoms with E-state index in [1.165, 1.54) is 12.1 Å². The molecule has 0 aromatic heterocycles. The molecule has 0 aliphatic carbocycles. The van der Waals surface area contributed by atoms with Crippen LogP contribution >= 0.6 is 34.8 Å². The molecule has 0 saturated carbocycles. The van der Waals surface area contributed by atoms with Gasteiger partial charge in [0.2, 0.25) is 0 Å². The highest BCUT2D eigenvalue weighted by molar-refractivity contribution is 6.44. The topological polar surface area (TPSA) is 41.6 Å². The van der Waals surface area contributed by atoms with Gasteiger partial charge in [0.15, 0.2) is 0 Å². The molecule has 1 aromatic rings. The van der Waals surface area contributed by atoms with Crippen molar-refractivity contribution in [2.75, 3.05) is 31.6 Å². The molecule has 1 N–H and O–H groups in total. The fourth-order valence-corrected chi connectivity index (χ4v) is 2.17. The van der Waals surface area contributed by atoms with Gasteiger partial charge in [0.25, 0.3) is 0 Å². The van der Waals surface area contributed by atoms with E-state index in [4.69, 9.17) is 39.5 Å². The maximum absolute atomic E-state index is 11.9. The van der Waals surface area contributed by atoms with Crippen LogP contribution in [0.5, 0.6) is 0 Å². The minimum atomic E-state index is -0.224. The highest BCUT2D eigenvalue weighted by Crippen LogP contribution is 2.32. The van der Waals surface area contributed by atoms with Crippen LogP contribution < -0.4 is 5.32 Å². The SMILES string of the molecule is O=C(Nc1cc(Cl)c(Cl)cc1Cl)N1CCOCC1. The summed E-state index contributed by atoms with van der Waals surface area (Å²) in [6.45, 7) is 2.21. The zero-order valence-corrected chi connectivity index (χ0v) is 11.6. The molecule has 98 valence electrons. The summed E-state index contributed by atoms with van der Waals surface area (Å²) in [6, 6.07) is 2.81. The number of nitrogens with zero attached hydrogens (tertiary/aromatic N) is 1. The van der Waals surface area contributed by atoms with Crippen molar-refractivity contribution in [3.63, 3.8) is 0 Å². The van der Waals surface area contributed by atoms with Crippen molar-refractivity contribution < 1.29 is 9.53 Å². The Morgan fingerprint density at radius 2 is 1.72 bits per heavy atom. The second kappa shape index (κ2) is 5.97. The van der Waals surface area contributed by atoms with Crippen molar-refractivity contribution in [3.05, 3.63) is 27.2 Å². The van der Waals surface area contributed by atoms with Gasteiger partial charge in [0.05, 0.1) is 34.0 Å². The lowest BCUT2D eigenvalue weighted by Gasteiger charge is -2.27. The molecule has 0 atom stereocenters. The van der Waals surface area contributed by atoms with Crippen molar-refractivity contribution in [2.24, 2.45) is 0 Å². The van der Waals surface area contributed by atoms with Gasteiger partial charge in [-0.15, -0.1) is 0 Å². The largest absolute Gasteiger partial charge is 0.378 e. The molecule has 1 aliphatic heterocycles. The highest BCUT2D eigenvalue weighted by atomic mass is 35.5. The number of morpholine rings is 1. The molecule has 1 heterocycles. The van der Waals surface area contributed by atoms with Crippen molar-refractivity contribution in [2.45, 2.75) is 0 Å². The van der Waals surface area contributed by atoms with Gasteiger partial charge in [-0.3, -0.25) is 0 Å². The number of amides is 2. The molecule has 7 heteroatoms. The second-order valence-corrected chi connectivity index (χ2v) is 5.00. The molecule has 18 heavy (non-hydrogen) atoms. The van der Waals surface area contributed by atoms with Gasteiger partial charge in [-0.1, -0.05) is 34.8 Å². The Morgan fingerprint density at radius 3 is 2.39 bits per heavy atom. The minimum Gasteiger partial charge on any atom is -0.378 e. The first-order chi connectivity index (χ1) is 8.58. The fourth-order valence-electron chi connectivity index (χ4n) is 1.58. The van der Waals surface area contributed by atoms with Crippen LogP contribution in [0.3, 0.4) is 0 Å². The number of carbonyl (C=O) groups is 1. The average Bonchev–Trinajstić information content (AvgIpc) is 2.37. The zero-order chi connectivity index (χ0) is 13.1. The van der Waals surface area contributed by atoms with Crippen LogP contribution in [-0.4, -0.2) is 37.2 Å². The maximum atomic E-state index is 11.9. The summed E-state index contributed by atoms with van der Waals surface area (Å²) in [4.78, 5) is 13.6. The lowest BCUT2D eigenvalue weighted by atomic mass is 10.3. The Kier molecular flexibility index (Phi) is 4.56. The van der Waals surface area contributed by atoms with Crippen LogP contribution in [0.2, 0.25) is 15.1 Å². The molecule has 1 saturated heterocycles. The molecule has 1 aromatic carbocycles. The van der Waals surface area contributed by atoms with Crippen molar-refractivity contribution in [3.8, 4) is 0 Å².